The van der Waals surface area contributed by atoms with E-state index >= 15 is 0 Å². The largest absolute Gasteiger partial charge is 0.482 e. The lowest BCUT2D eigenvalue weighted by Crippen LogP contribution is -2.17. The predicted octanol–water partition coefficient (Wildman–Crippen LogP) is 4.55. The lowest BCUT2D eigenvalue weighted by molar-refractivity contribution is 0.218. The van der Waals surface area contributed by atoms with Crippen LogP contribution < -0.4 is 10.5 Å². The smallest absolute Gasteiger partial charge is 0.145 e. The number of aryl methyl sites for hydroxylation is 1. The summed E-state index contributed by atoms with van der Waals surface area (Å²) >= 11 is 11.2. The van der Waals surface area contributed by atoms with Crippen LogP contribution in [0.4, 0.5) is 0 Å². The van der Waals surface area contributed by atoms with Crippen molar-refractivity contribution in [1.82, 2.24) is 0 Å². The molecule has 0 bridgehead atoms. The van der Waals surface area contributed by atoms with Gasteiger partial charge in [0.05, 0.1) is 5.02 Å². The molecular weight excluding hydrogens is 334 g/mol. The molecule has 0 saturated heterocycles. The second-order valence-corrected chi connectivity index (χ2v) is 6.51. The van der Waals surface area contributed by atoms with E-state index in [1.807, 2.05) is 18.2 Å². The van der Waals surface area contributed by atoms with Crippen LogP contribution in [0.5, 0.6) is 5.75 Å². The molecule has 2 N–H and O–H groups in total. The number of halogens is 2. The van der Waals surface area contributed by atoms with Crippen molar-refractivity contribution >= 4 is 38.9 Å². The molecule has 2 rings (SSSR count). The van der Waals surface area contributed by atoms with Gasteiger partial charge in [-0.05, 0) is 37.3 Å². The van der Waals surface area contributed by atoms with Crippen molar-refractivity contribution < 1.29 is 4.74 Å². The van der Waals surface area contributed by atoms with Crippen molar-refractivity contribution in [2.75, 3.05) is 6.54 Å². The first-order valence-corrected chi connectivity index (χ1v) is 7.47. The van der Waals surface area contributed by atoms with E-state index in [0.29, 0.717) is 17.3 Å². The van der Waals surface area contributed by atoms with Crippen LogP contribution >= 0.6 is 38.9 Å². The lowest BCUT2D eigenvalue weighted by Gasteiger charge is -2.17. The second-order valence-electron chi connectivity index (χ2n) is 3.87. The Balaban J connectivity index is 2.22. The van der Waals surface area contributed by atoms with E-state index in [0.717, 1.165) is 9.35 Å². The second kappa shape index (κ2) is 6.06. The molecule has 1 heterocycles. The number of ether oxygens (including phenoxy) is 1. The van der Waals surface area contributed by atoms with E-state index in [4.69, 9.17) is 22.1 Å². The van der Waals surface area contributed by atoms with Gasteiger partial charge >= 0.3 is 0 Å². The minimum absolute atomic E-state index is 0.157. The molecule has 0 radical (unpaired) electrons. The molecule has 2 nitrogen and oxygen atoms in total. The third kappa shape index (κ3) is 3.26. The fraction of sp³-hybridized carbons (Fsp3) is 0.231. The molecule has 0 saturated carbocycles. The fourth-order valence-electron chi connectivity index (χ4n) is 1.57. The monoisotopic (exact) mass is 345 g/mol. The zero-order valence-corrected chi connectivity index (χ0v) is 13.0. The third-order valence-corrected chi connectivity index (χ3v) is 4.35. The van der Waals surface area contributed by atoms with E-state index in [9.17, 15) is 0 Å². The van der Waals surface area contributed by atoms with Gasteiger partial charge in [0, 0.05) is 20.8 Å². The summed E-state index contributed by atoms with van der Waals surface area (Å²) in [6.07, 6.45) is -0.157. The highest BCUT2D eigenvalue weighted by Gasteiger charge is 2.15. The van der Waals surface area contributed by atoms with Gasteiger partial charge in [0.25, 0.3) is 0 Å². The maximum atomic E-state index is 6.11. The summed E-state index contributed by atoms with van der Waals surface area (Å²) in [6, 6.07) is 9.64. The molecule has 2 aromatic rings. The molecular formula is C13H13BrClNOS. The average molecular weight is 347 g/mol. The van der Waals surface area contributed by atoms with Gasteiger partial charge in [-0.25, -0.2) is 0 Å². The van der Waals surface area contributed by atoms with Crippen LogP contribution in [0, 0.1) is 6.92 Å². The zero-order valence-electron chi connectivity index (χ0n) is 9.82. The normalized spacial score (nSPS) is 12.4. The molecule has 0 aliphatic rings. The number of benzene rings is 1. The van der Waals surface area contributed by atoms with Gasteiger partial charge in [-0.3, -0.25) is 0 Å². The molecule has 0 amide bonds. The number of hydrogen-bond donors (Lipinski definition) is 1. The van der Waals surface area contributed by atoms with E-state index in [-0.39, 0.29) is 6.10 Å². The Hall–Kier alpha value is -0.550. The van der Waals surface area contributed by atoms with Gasteiger partial charge in [-0.1, -0.05) is 27.5 Å². The van der Waals surface area contributed by atoms with Crippen molar-refractivity contribution in [3.63, 3.8) is 0 Å². The molecule has 1 aromatic carbocycles. The number of rotatable bonds is 4. The van der Waals surface area contributed by atoms with Crippen LogP contribution in [-0.4, -0.2) is 6.54 Å². The SMILES string of the molecule is Cc1ccc(C(CN)Oc2cc(Br)ccc2Cl)s1. The number of thiophene rings is 1. The van der Waals surface area contributed by atoms with Crippen LogP contribution in [-0.2, 0) is 0 Å². The molecule has 5 heteroatoms. The van der Waals surface area contributed by atoms with Gasteiger partial charge in [-0.15, -0.1) is 11.3 Å². The highest BCUT2D eigenvalue weighted by molar-refractivity contribution is 9.10. The van der Waals surface area contributed by atoms with Crippen molar-refractivity contribution in [3.05, 3.63) is 49.6 Å². The molecule has 1 unspecified atom stereocenters. The van der Waals surface area contributed by atoms with Crippen LogP contribution in [0.1, 0.15) is 15.9 Å². The Morgan fingerprint density at radius 1 is 1.39 bits per heavy atom. The highest BCUT2D eigenvalue weighted by Crippen LogP contribution is 2.33. The van der Waals surface area contributed by atoms with E-state index < -0.39 is 0 Å². The van der Waals surface area contributed by atoms with Crippen LogP contribution in [0.15, 0.2) is 34.8 Å². The minimum atomic E-state index is -0.157. The maximum Gasteiger partial charge on any atom is 0.145 e. The molecule has 96 valence electrons. The first kappa shape index (κ1) is 13.9. The lowest BCUT2D eigenvalue weighted by atomic mass is 10.2. The van der Waals surface area contributed by atoms with E-state index in [1.54, 1.807) is 17.4 Å². The first-order chi connectivity index (χ1) is 8.60. The predicted molar refractivity (Wildman–Crippen MR) is 80.6 cm³/mol. The highest BCUT2D eigenvalue weighted by atomic mass is 79.9. The minimum Gasteiger partial charge on any atom is -0.482 e. The van der Waals surface area contributed by atoms with Crippen LogP contribution in [0.2, 0.25) is 5.02 Å². The quantitative estimate of drug-likeness (QED) is 0.881. The van der Waals surface area contributed by atoms with Gasteiger partial charge in [0.15, 0.2) is 0 Å². The van der Waals surface area contributed by atoms with Crippen LogP contribution in [0.3, 0.4) is 0 Å². The Morgan fingerprint density at radius 3 is 2.78 bits per heavy atom. The number of nitrogens with two attached hydrogens (primary N) is 1. The Bertz CT molecular complexity index is 544. The van der Waals surface area contributed by atoms with E-state index in [2.05, 4.69) is 28.9 Å². The molecule has 1 atom stereocenters. The molecule has 18 heavy (non-hydrogen) atoms. The standard InChI is InChI=1S/C13H13BrClNOS/c1-8-2-5-13(18-8)12(7-16)17-11-6-9(14)3-4-10(11)15/h2-6,12H,7,16H2,1H3. The maximum absolute atomic E-state index is 6.11. The van der Waals surface area contributed by atoms with Crippen molar-refractivity contribution in [2.24, 2.45) is 5.73 Å². The summed E-state index contributed by atoms with van der Waals surface area (Å²) in [5.74, 6) is 0.646. The topological polar surface area (TPSA) is 35.2 Å². The van der Waals surface area contributed by atoms with Gasteiger partial charge < -0.3 is 10.5 Å². The summed E-state index contributed by atoms with van der Waals surface area (Å²) in [4.78, 5) is 2.36. The fourth-order valence-corrected chi connectivity index (χ4v) is 2.99. The summed E-state index contributed by atoms with van der Waals surface area (Å²) in [7, 11) is 0. The summed E-state index contributed by atoms with van der Waals surface area (Å²) in [6.45, 7) is 2.48. The summed E-state index contributed by atoms with van der Waals surface area (Å²) < 4.78 is 6.83. The molecule has 1 aromatic heterocycles. The summed E-state index contributed by atoms with van der Waals surface area (Å²) in [5, 5.41) is 0.588. The third-order valence-electron chi connectivity index (χ3n) is 2.46. The summed E-state index contributed by atoms with van der Waals surface area (Å²) in [5.41, 5.74) is 5.78. The van der Waals surface area contributed by atoms with Crippen molar-refractivity contribution in [3.8, 4) is 5.75 Å². The van der Waals surface area contributed by atoms with Crippen molar-refractivity contribution in [2.45, 2.75) is 13.0 Å². The zero-order chi connectivity index (χ0) is 13.1. The first-order valence-electron chi connectivity index (χ1n) is 5.48. The van der Waals surface area contributed by atoms with Gasteiger partial charge in [-0.2, -0.15) is 0 Å². The van der Waals surface area contributed by atoms with E-state index in [1.165, 1.54) is 4.88 Å². The molecule has 0 spiro atoms. The van der Waals surface area contributed by atoms with Gasteiger partial charge in [0.1, 0.15) is 11.9 Å². The Labute approximate surface area is 124 Å². The average Bonchev–Trinajstić information content (AvgIpc) is 2.77. The Kier molecular flexibility index (Phi) is 4.67. The van der Waals surface area contributed by atoms with Gasteiger partial charge in [0.2, 0.25) is 0 Å². The molecule has 0 aliphatic carbocycles. The molecule has 0 fully saturated rings. The Morgan fingerprint density at radius 2 is 2.17 bits per heavy atom. The number of hydrogen-bond acceptors (Lipinski definition) is 3. The van der Waals surface area contributed by atoms with Crippen LogP contribution in [0.25, 0.3) is 0 Å². The molecule has 0 aliphatic heterocycles. The van der Waals surface area contributed by atoms with Crippen molar-refractivity contribution in [1.29, 1.82) is 0 Å².